The number of hydrogen-bond donors (Lipinski definition) is 0. The molecule has 0 radical (unpaired) electrons. The Labute approximate surface area is 103 Å². The Bertz CT molecular complexity index is 290. The molecule has 0 N–H and O–H groups in total. The van der Waals surface area contributed by atoms with Crippen LogP contribution < -0.4 is 0 Å². The number of benzene rings is 1. The van der Waals surface area contributed by atoms with Crippen molar-refractivity contribution < 1.29 is 9.53 Å². The van der Waals surface area contributed by atoms with Crippen LogP contribution >= 0.6 is 27.7 Å². The van der Waals surface area contributed by atoms with Crippen molar-refractivity contribution in [2.24, 2.45) is 0 Å². The second kappa shape index (κ2) is 7.77. The smallest absolute Gasteiger partial charge is 0.338 e. The lowest BCUT2D eigenvalue weighted by molar-refractivity contribution is 0.0530. The van der Waals surface area contributed by atoms with Crippen LogP contribution in [0.5, 0.6) is 0 Å². The van der Waals surface area contributed by atoms with Crippen LogP contribution in [0.15, 0.2) is 30.3 Å². The normalized spacial score (nSPS) is 9.93. The van der Waals surface area contributed by atoms with Crippen molar-refractivity contribution in [1.82, 2.24) is 0 Å². The van der Waals surface area contributed by atoms with Crippen molar-refractivity contribution in [2.45, 2.75) is 0 Å². The summed E-state index contributed by atoms with van der Waals surface area (Å²) in [6.07, 6.45) is 0. The molecule has 0 amide bonds. The minimum Gasteiger partial charge on any atom is -0.461 e. The van der Waals surface area contributed by atoms with Gasteiger partial charge in [-0.05, 0) is 12.1 Å². The van der Waals surface area contributed by atoms with Crippen LogP contribution in [0, 0.1) is 0 Å². The van der Waals surface area contributed by atoms with Crippen LogP contribution in [-0.2, 0) is 4.74 Å². The molecule has 1 aromatic carbocycles. The van der Waals surface area contributed by atoms with E-state index >= 15 is 0 Å². The molecule has 0 aromatic heterocycles. The number of carbonyl (C=O) groups is 1. The van der Waals surface area contributed by atoms with Gasteiger partial charge in [-0.2, -0.15) is 11.8 Å². The topological polar surface area (TPSA) is 26.3 Å². The molecular weight excluding hydrogens is 276 g/mol. The van der Waals surface area contributed by atoms with Gasteiger partial charge in [0.1, 0.15) is 6.61 Å². The van der Waals surface area contributed by atoms with E-state index in [4.69, 9.17) is 4.74 Å². The van der Waals surface area contributed by atoms with Crippen molar-refractivity contribution in [3.8, 4) is 0 Å². The molecule has 0 bridgehead atoms. The van der Waals surface area contributed by atoms with Gasteiger partial charge in [-0.15, -0.1) is 0 Å². The maximum atomic E-state index is 11.4. The Morgan fingerprint density at radius 1 is 1.27 bits per heavy atom. The van der Waals surface area contributed by atoms with Gasteiger partial charge in [-0.1, -0.05) is 34.1 Å². The molecule has 0 aliphatic heterocycles. The fourth-order valence-electron chi connectivity index (χ4n) is 1.01. The zero-order valence-electron chi connectivity index (χ0n) is 8.32. The van der Waals surface area contributed by atoms with Gasteiger partial charge >= 0.3 is 5.97 Å². The van der Waals surface area contributed by atoms with E-state index in [1.165, 1.54) is 0 Å². The summed E-state index contributed by atoms with van der Waals surface area (Å²) in [4.78, 5) is 11.4. The van der Waals surface area contributed by atoms with Crippen LogP contribution in [0.25, 0.3) is 0 Å². The first-order valence-corrected chi connectivity index (χ1v) is 6.98. The first-order chi connectivity index (χ1) is 7.34. The lowest BCUT2D eigenvalue weighted by Gasteiger charge is -2.03. The molecule has 0 aliphatic carbocycles. The lowest BCUT2D eigenvalue weighted by atomic mass is 10.2. The van der Waals surface area contributed by atoms with Crippen molar-refractivity contribution in [3.63, 3.8) is 0 Å². The monoisotopic (exact) mass is 288 g/mol. The predicted molar refractivity (Wildman–Crippen MR) is 67.8 cm³/mol. The van der Waals surface area contributed by atoms with Gasteiger partial charge in [0.2, 0.25) is 0 Å². The average Bonchev–Trinajstić information content (AvgIpc) is 2.30. The van der Waals surface area contributed by atoms with Gasteiger partial charge in [-0.25, -0.2) is 4.79 Å². The minimum absolute atomic E-state index is 0.241. The van der Waals surface area contributed by atoms with Gasteiger partial charge in [0.05, 0.1) is 5.56 Å². The molecule has 0 saturated carbocycles. The number of hydrogen-bond acceptors (Lipinski definition) is 3. The first kappa shape index (κ1) is 12.6. The van der Waals surface area contributed by atoms with Gasteiger partial charge < -0.3 is 4.74 Å². The summed E-state index contributed by atoms with van der Waals surface area (Å²) in [5.74, 6) is 1.66. The highest BCUT2D eigenvalue weighted by Crippen LogP contribution is 2.04. The molecular formula is C11H13BrO2S. The number of esters is 1. The van der Waals surface area contributed by atoms with E-state index in [9.17, 15) is 4.79 Å². The third-order valence-electron chi connectivity index (χ3n) is 1.69. The summed E-state index contributed by atoms with van der Waals surface area (Å²) in [6, 6.07) is 9.05. The highest BCUT2D eigenvalue weighted by atomic mass is 79.9. The summed E-state index contributed by atoms with van der Waals surface area (Å²) in [5, 5.41) is 0.976. The number of thioether (sulfide) groups is 1. The number of alkyl halides is 1. The molecule has 1 aromatic rings. The summed E-state index contributed by atoms with van der Waals surface area (Å²) in [6.45, 7) is 0.478. The van der Waals surface area contributed by atoms with E-state index in [0.717, 1.165) is 16.8 Å². The Kier molecular flexibility index (Phi) is 6.52. The number of carbonyl (C=O) groups excluding carboxylic acids is 1. The second-order valence-corrected chi connectivity index (χ2v) is 4.82. The highest BCUT2D eigenvalue weighted by molar-refractivity contribution is 9.09. The molecule has 0 fully saturated rings. The Morgan fingerprint density at radius 3 is 2.67 bits per heavy atom. The summed E-state index contributed by atoms with van der Waals surface area (Å²) in [7, 11) is 0. The van der Waals surface area contributed by atoms with Crippen molar-refractivity contribution in [3.05, 3.63) is 35.9 Å². The van der Waals surface area contributed by atoms with Crippen molar-refractivity contribution in [2.75, 3.05) is 23.4 Å². The van der Waals surface area contributed by atoms with E-state index in [-0.39, 0.29) is 5.97 Å². The maximum Gasteiger partial charge on any atom is 0.338 e. The molecule has 1 rings (SSSR count). The van der Waals surface area contributed by atoms with Crippen LogP contribution in [-0.4, -0.2) is 29.4 Å². The maximum absolute atomic E-state index is 11.4. The van der Waals surface area contributed by atoms with Crippen molar-refractivity contribution in [1.29, 1.82) is 0 Å². The Morgan fingerprint density at radius 2 is 2.00 bits per heavy atom. The molecule has 15 heavy (non-hydrogen) atoms. The number of halogens is 1. The Balaban J connectivity index is 2.20. The van der Waals surface area contributed by atoms with Crippen LogP contribution in [0.1, 0.15) is 10.4 Å². The highest BCUT2D eigenvalue weighted by Gasteiger charge is 2.04. The SMILES string of the molecule is O=C(OCCSCCBr)c1ccccc1. The molecule has 0 saturated heterocycles. The third-order valence-corrected chi connectivity index (χ3v) is 3.56. The molecule has 0 unspecified atom stereocenters. The van der Waals surface area contributed by atoms with E-state index < -0.39 is 0 Å². The quantitative estimate of drug-likeness (QED) is 0.457. The second-order valence-electron chi connectivity index (χ2n) is 2.80. The summed E-state index contributed by atoms with van der Waals surface area (Å²) < 4.78 is 5.10. The predicted octanol–water partition coefficient (Wildman–Crippen LogP) is 2.97. The summed E-state index contributed by atoms with van der Waals surface area (Å²) >= 11 is 5.10. The zero-order valence-corrected chi connectivity index (χ0v) is 10.7. The molecule has 4 heteroatoms. The largest absolute Gasteiger partial charge is 0.461 e. The van der Waals surface area contributed by atoms with Crippen molar-refractivity contribution >= 4 is 33.7 Å². The van der Waals surface area contributed by atoms with E-state index in [2.05, 4.69) is 15.9 Å². The standard InChI is InChI=1S/C11H13BrO2S/c12-6-8-15-9-7-14-11(13)10-4-2-1-3-5-10/h1-5H,6-9H2. The lowest BCUT2D eigenvalue weighted by Crippen LogP contribution is -2.07. The fraction of sp³-hybridized carbons (Fsp3) is 0.364. The molecule has 82 valence electrons. The van der Waals surface area contributed by atoms with Gasteiger partial charge in [-0.3, -0.25) is 0 Å². The van der Waals surface area contributed by atoms with Crippen LogP contribution in [0.4, 0.5) is 0 Å². The van der Waals surface area contributed by atoms with Gasteiger partial charge in [0.25, 0.3) is 0 Å². The van der Waals surface area contributed by atoms with Gasteiger partial charge in [0.15, 0.2) is 0 Å². The third kappa shape index (κ3) is 5.23. The minimum atomic E-state index is -0.241. The van der Waals surface area contributed by atoms with E-state index in [1.54, 1.807) is 23.9 Å². The van der Waals surface area contributed by atoms with Gasteiger partial charge in [0, 0.05) is 16.8 Å². The van der Waals surface area contributed by atoms with E-state index in [1.807, 2.05) is 18.2 Å². The fourth-order valence-corrected chi connectivity index (χ4v) is 2.21. The molecule has 0 heterocycles. The van der Waals surface area contributed by atoms with E-state index in [0.29, 0.717) is 12.2 Å². The number of rotatable bonds is 6. The Hall–Kier alpha value is -0.480. The zero-order chi connectivity index (χ0) is 10.9. The van der Waals surface area contributed by atoms with Crippen LogP contribution in [0.3, 0.4) is 0 Å². The molecule has 0 aliphatic rings. The van der Waals surface area contributed by atoms with Crippen LogP contribution in [0.2, 0.25) is 0 Å². The average molecular weight is 289 g/mol. The first-order valence-electron chi connectivity index (χ1n) is 4.70. The molecule has 2 nitrogen and oxygen atoms in total. The number of ether oxygens (including phenoxy) is 1. The molecule has 0 spiro atoms. The summed E-state index contributed by atoms with van der Waals surface area (Å²) in [5.41, 5.74) is 0.614. The molecule has 0 atom stereocenters.